The molecule has 5 heteroatoms. The molecular formula is C24H28ClNO3. The summed E-state index contributed by atoms with van der Waals surface area (Å²) in [4.78, 5) is 25.4. The van der Waals surface area contributed by atoms with Gasteiger partial charge in [-0.05, 0) is 49.4 Å². The topological polar surface area (TPSA) is 55.4 Å². The molecule has 0 aliphatic heterocycles. The van der Waals surface area contributed by atoms with Crippen molar-refractivity contribution in [3.8, 4) is 0 Å². The van der Waals surface area contributed by atoms with E-state index in [1.54, 1.807) is 12.1 Å². The molecule has 0 saturated heterocycles. The van der Waals surface area contributed by atoms with Crippen molar-refractivity contribution in [1.29, 1.82) is 0 Å². The number of amides is 1. The minimum Gasteiger partial charge on any atom is -0.455 e. The molecule has 1 fully saturated rings. The Kier molecular flexibility index (Phi) is 6.96. The fourth-order valence-electron chi connectivity index (χ4n) is 4.08. The number of aryl methyl sites for hydroxylation is 1. The first-order chi connectivity index (χ1) is 13.9. The van der Waals surface area contributed by atoms with Crippen LogP contribution >= 0.6 is 11.6 Å². The summed E-state index contributed by atoms with van der Waals surface area (Å²) in [6.07, 6.45) is 4.16. The summed E-state index contributed by atoms with van der Waals surface area (Å²) in [6.45, 7) is 3.78. The molecule has 29 heavy (non-hydrogen) atoms. The molecule has 1 atom stereocenters. The summed E-state index contributed by atoms with van der Waals surface area (Å²) in [5.41, 5.74) is 2.46. The quantitative estimate of drug-likeness (QED) is 0.629. The zero-order chi connectivity index (χ0) is 20.9. The first-order valence-corrected chi connectivity index (χ1v) is 10.6. The smallest absolute Gasteiger partial charge is 0.317 e. The molecule has 0 heterocycles. The summed E-state index contributed by atoms with van der Waals surface area (Å²) < 4.78 is 5.49. The van der Waals surface area contributed by atoms with E-state index < -0.39 is 5.41 Å². The van der Waals surface area contributed by atoms with Crippen molar-refractivity contribution in [2.75, 3.05) is 6.61 Å². The van der Waals surface area contributed by atoms with Gasteiger partial charge in [-0.1, -0.05) is 73.3 Å². The lowest BCUT2D eigenvalue weighted by Gasteiger charge is -2.27. The van der Waals surface area contributed by atoms with Crippen LogP contribution in [0, 0.1) is 6.92 Å². The van der Waals surface area contributed by atoms with Crippen molar-refractivity contribution < 1.29 is 14.3 Å². The molecule has 154 valence electrons. The molecule has 2 aromatic rings. The average molecular weight is 414 g/mol. The highest BCUT2D eigenvalue weighted by atomic mass is 35.5. The summed E-state index contributed by atoms with van der Waals surface area (Å²) in [5, 5.41) is 3.61. The zero-order valence-electron chi connectivity index (χ0n) is 17.0. The lowest BCUT2D eigenvalue weighted by atomic mass is 9.79. The largest absolute Gasteiger partial charge is 0.455 e. The van der Waals surface area contributed by atoms with E-state index in [1.165, 1.54) is 5.56 Å². The summed E-state index contributed by atoms with van der Waals surface area (Å²) >= 11 is 6.00. The Morgan fingerprint density at radius 1 is 1.07 bits per heavy atom. The standard InChI is InChI=1S/C24H28ClNO3/c1-3-21(18-8-6-17(2)7-9-18)26-22(27)16-29-23(28)24(14-4-5-15-24)19-10-12-20(25)13-11-19/h6-13,21H,3-5,14-16H2,1-2H3,(H,26,27)/t21-/m0/s1. The van der Waals surface area contributed by atoms with Crippen LogP contribution in [0.5, 0.6) is 0 Å². The van der Waals surface area contributed by atoms with E-state index in [1.807, 2.05) is 50.2 Å². The number of carbonyl (C=O) groups excluding carboxylic acids is 2. The van der Waals surface area contributed by atoms with Gasteiger partial charge in [-0.25, -0.2) is 0 Å². The third-order valence-electron chi connectivity index (χ3n) is 5.80. The molecule has 0 bridgehead atoms. The Hall–Kier alpha value is -2.33. The van der Waals surface area contributed by atoms with Crippen molar-refractivity contribution in [3.05, 3.63) is 70.2 Å². The number of ether oxygens (including phenoxy) is 1. The van der Waals surface area contributed by atoms with Crippen LogP contribution in [0.3, 0.4) is 0 Å². The number of halogens is 1. The molecule has 0 aromatic heterocycles. The lowest BCUT2D eigenvalue weighted by Crippen LogP contribution is -2.38. The van der Waals surface area contributed by atoms with Gasteiger partial charge in [0, 0.05) is 5.02 Å². The van der Waals surface area contributed by atoms with Crippen LogP contribution in [0.4, 0.5) is 0 Å². The van der Waals surface area contributed by atoms with Crippen LogP contribution in [-0.4, -0.2) is 18.5 Å². The molecule has 1 amide bonds. The predicted octanol–water partition coefficient (Wildman–Crippen LogP) is 5.27. The average Bonchev–Trinajstić information content (AvgIpc) is 3.22. The van der Waals surface area contributed by atoms with E-state index in [-0.39, 0.29) is 24.5 Å². The van der Waals surface area contributed by atoms with Crippen LogP contribution in [0.15, 0.2) is 48.5 Å². The van der Waals surface area contributed by atoms with Gasteiger partial charge in [0.2, 0.25) is 0 Å². The molecule has 1 aliphatic carbocycles. The minimum absolute atomic E-state index is 0.0986. The maximum Gasteiger partial charge on any atom is 0.317 e. The van der Waals surface area contributed by atoms with Crippen molar-refractivity contribution in [3.63, 3.8) is 0 Å². The van der Waals surface area contributed by atoms with E-state index in [4.69, 9.17) is 16.3 Å². The van der Waals surface area contributed by atoms with Gasteiger partial charge in [0.25, 0.3) is 5.91 Å². The number of carbonyl (C=O) groups is 2. The molecule has 0 unspecified atom stereocenters. The maximum absolute atomic E-state index is 13.0. The second-order valence-corrected chi connectivity index (χ2v) is 8.25. The number of hydrogen-bond donors (Lipinski definition) is 1. The number of hydrogen-bond acceptors (Lipinski definition) is 3. The summed E-state index contributed by atoms with van der Waals surface area (Å²) in [7, 11) is 0. The Bertz CT molecular complexity index is 839. The van der Waals surface area contributed by atoms with E-state index in [0.29, 0.717) is 5.02 Å². The Morgan fingerprint density at radius 3 is 2.28 bits per heavy atom. The Balaban J connectivity index is 1.63. The normalized spacial score (nSPS) is 16.2. The highest BCUT2D eigenvalue weighted by Gasteiger charge is 2.44. The van der Waals surface area contributed by atoms with Crippen LogP contribution in [0.25, 0.3) is 0 Å². The third kappa shape index (κ3) is 4.99. The number of nitrogens with one attached hydrogen (secondary N) is 1. The maximum atomic E-state index is 13.0. The molecule has 1 aliphatic rings. The predicted molar refractivity (Wildman–Crippen MR) is 115 cm³/mol. The SMILES string of the molecule is CC[C@H](NC(=O)COC(=O)C1(c2ccc(Cl)cc2)CCCC1)c1ccc(C)cc1. The van der Waals surface area contributed by atoms with Gasteiger partial charge in [0.1, 0.15) is 0 Å². The first kappa shape index (κ1) is 21.4. The first-order valence-electron chi connectivity index (χ1n) is 10.2. The molecule has 0 spiro atoms. The molecule has 1 N–H and O–H groups in total. The van der Waals surface area contributed by atoms with E-state index in [2.05, 4.69) is 5.32 Å². The molecular weight excluding hydrogens is 386 g/mol. The number of esters is 1. The number of rotatable bonds is 7. The Labute approximate surface area is 177 Å². The van der Waals surface area contributed by atoms with Crippen molar-refractivity contribution >= 4 is 23.5 Å². The van der Waals surface area contributed by atoms with Gasteiger partial charge >= 0.3 is 5.97 Å². The van der Waals surface area contributed by atoms with Crippen LogP contribution in [0.1, 0.15) is 61.8 Å². The number of benzene rings is 2. The highest BCUT2D eigenvalue weighted by Crippen LogP contribution is 2.42. The van der Waals surface area contributed by atoms with Gasteiger partial charge in [0.05, 0.1) is 11.5 Å². The van der Waals surface area contributed by atoms with Crippen LogP contribution < -0.4 is 5.32 Å². The molecule has 1 saturated carbocycles. The second kappa shape index (κ2) is 9.45. The molecule has 4 nitrogen and oxygen atoms in total. The highest BCUT2D eigenvalue weighted by molar-refractivity contribution is 6.30. The van der Waals surface area contributed by atoms with Crippen molar-refractivity contribution in [2.24, 2.45) is 0 Å². The van der Waals surface area contributed by atoms with E-state index in [0.717, 1.165) is 43.2 Å². The molecule has 3 rings (SSSR count). The van der Waals surface area contributed by atoms with Crippen LogP contribution in [0.2, 0.25) is 5.02 Å². The lowest BCUT2D eigenvalue weighted by molar-refractivity contribution is -0.154. The summed E-state index contributed by atoms with van der Waals surface area (Å²) in [6, 6.07) is 15.4. The van der Waals surface area contributed by atoms with Gasteiger partial charge in [-0.15, -0.1) is 0 Å². The van der Waals surface area contributed by atoms with Gasteiger partial charge in [-0.2, -0.15) is 0 Å². The van der Waals surface area contributed by atoms with Gasteiger partial charge in [0.15, 0.2) is 6.61 Å². The van der Waals surface area contributed by atoms with Gasteiger partial charge < -0.3 is 10.1 Å². The third-order valence-corrected chi connectivity index (χ3v) is 6.05. The van der Waals surface area contributed by atoms with Crippen molar-refractivity contribution in [1.82, 2.24) is 5.32 Å². The summed E-state index contributed by atoms with van der Waals surface area (Å²) in [5.74, 6) is -0.606. The fraction of sp³-hybridized carbons (Fsp3) is 0.417. The van der Waals surface area contributed by atoms with E-state index in [9.17, 15) is 9.59 Å². The zero-order valence-corrected chi connectivity index (χ0v) is 17.8. The monoisotopic (exact) mass is 413 g/mol. The van der Waals surface area contributed by atoms with Crippen LogP contribution in [-0.2, 0) is 19.7 Å². The second-order valence-electron chi connectivity index (χ2n) is 7.81. The fourth-order valence-corrected chi connectivity index (χ4v) is 4.21. The Morgan fingerprint density at radius 2 is 1.69 bits per heavy atom. The molecule has 2 aromatic carbocycles. The molecule has 0 radical (unpaired) electrons. The van der Waals surface area contributed by atoms with E-state index >= 15 is 0 Å². The van der Waals surface area contributed by atoms with Crippen molar-refractivity contribution in [2.45, 2.75) is 57.4 Å². The minimum atomic E-state index is -0.675. The van der Waals surface area contributed by atoms with Gasteiger partial charge in [-0.3, -0.25) is 9.59 Å².